The van der Waals surface area contributed by atoms with Crippen molar-refractivity contribution >= 4 is 0 Å². The van der Waals surface area contributed by atoms with Crippen molar-refractivity contribution in [3.05, 3.63) is 30.1 Å². The van der Waals surface area contributed by atoms with Crippen molar-refractivity contribution in [1.29, 1.82) is 0 Å². The highest BCUT2D eigenvalue weighted by Gasteiger charge is 2.23. The maximum Gasteiger partial charge on any atom is 0.0994 e. The summed E-state index contributed by atoms with van der Waals surface area (Å²) in [5.74, 6) is 0. The summed E-state index contributed by atoms with van der Waals surface area (Å²) in [4.78, 5) is 4.08. The van der Waals surface area contributed by atoms with Crippen LogP contribution in [-0.2, 0) is 4.74 Å². The van der Waals surface area contributed by atoms with E-state index < -0.39 is 0 Å². The summed E-state index contributed by atoms with van der Waals surface area (Å²) in [5.41, 5.74) is 6.75. The Hall–Kier alpha value is -0.930. The fourth-order valence-corrected chi connectivity index (χ4v) is 1.40. The molecule has 1 aromatic heterocycles. The second kappa shape index (κ2) is 4.73. The van der Waals surface area contributed by atoms with Crippen LogP contribution in [0.3, 0.4) is 0 Å². The maximum absolute atomic E-state index is 5.92. The van der Waals surface area contributed by atoms with Gasteiger partial charge in [0, 0.05) is 24.0 Å². The second-order valence-corrected chi connectivity index (χ2v) is 4.80. The summed E-state index contributed by atoms with van der Waals surface area (Å²) < 4.78 is 5.92. The van der Waals surface area contributed by atoms with Gasteiger partial charge in [-0.05, 0) is 33.8 Å². The first kappa shape index (κ1) is 12.1. The third-order valence-corrected chi connectivity index (χ3v) is 1.97. The molecule has 0 amide bonds. The van der Waals surface area contributed by atoms with Crippen molar-refractivity contribution in [2.45, 2.75) is 45.4 Å². The molecular formula is C12H20N2O. The zero-order valence-electron chi connectivity index (χ0n) is 9.90. The molecule has 0 aliphatic heterocycles. The van der Waals surface area contributed by atoms with Crippen LogP contribution in [0.4, 0.5) is 0 Å². The average Bonchev–Trinajstić information content (AvgIpc) is 2.14. The molecule has 0 radical (unpaired) electrons. The number of hydrogen-bond acceptors (Lipinski definition) is 3. The van der Waals surface area contributed by atoms with Crippen molar-refractivity contribution in [3.63, 3.8) is 0 Å². The van der Waals surface area contributed by atoms with Crippen LogP contribution in [0.25, 0.3) is 0 Å². The van der Waals surface area contributed by atoms with Crippen LogP contribution in [0.2, 0.25) is 0 Å². The van der Waals surface area contributed by atoms with Crippen LogP contribution in [0.15, 0.2) is 24.5 Å². The van der Waals surface area contributed by atoms with Gasteiger partial charge in [0.05, 0.1) is 11.7 Å². The van der Waals surface area contributed by atoms with E-state index in [1.54, 1.807) is 12.4 Å². The van der Waals surface area contributed by atoms with E-state index in [1.165, 1.54) is 0 Å². The molecule has 2 N–H and O–H groups in total. The lowest BCUT2D eigenvalue weighted by Crippen LogP contribution is -2.33. The lowest BCUT2D eigenvalue weighted by Gasteiger charge is -2.30. The minimum Gasteiger partial charge on any atom is -0.366 e. The van der Waals surface area contributed by atoms with E-state index in [1.807, 2.05) is 39.8 Å². The predicted molar refractivity (Wildman–Crippen MR) is 61.5 cm³/mol. The van der Waals surface area contributed by atoms with Gasteiger partial charge in [0.15, 0.2) is 0 Å². The normalized spacial score (nSPS) is 16.1. The van der Waals surface area contributed by atoms with Gasteiger partial charge in [-0.25, -0.2) is 0 Å². The van der Waals surface area contributed by atoms with E-state index in [0.29, 0.717) is 0 Å². The Morgan fingerprint density at radius 2 is 2.07 bits per heavy atom. The fourth-order valence-electron chi connectivity index (χ4n) is 1.40. The highest BCUT2D eigenvalue weighted by atomic mass is 16.5. The molecule has 0 aromatic carbocycles. The summed E-state index contributed by atoms with van der Waals surface area (Å²) in [5, 5.41) is 0. The van der Waals surface area contributed by atoms with E-state index in [-0.39, 0.29) is 17.7 Å². The largest absolute Gasteiger partial charge is 0.366 e. The Balaban J connectivity index is 2.85. The molecule has 0 aliphatic rings. The number of nitrogens with zero attached hydrogens (tertiary/aromatic N) is 1. The van der Waals surface area contributed by atoms with Gasteiger partial charge in [-0.1, -0.05) is 6.07 Å². The molecule has 2 atom stereocenters. The summed E-state index contributed by atoms with van der Waals surface area (Å²) in [6.07, 6.45) is 3.46. The molecule has 15 heavy (non-hydrogen) atoms. The number of ether oxygens (including phenoxy) is 1. The van der Waals surface area contributed by atoms with E-state index in [4.69, 9.17) is 10.5 Å². The summed E-state index contributed by atoms with van der Waals surface area (Å²) in [6.45, 7) is 8.03. The average molecular weight is 208 g/mol. The Morgan fingerprint density at radius 3 is 2.47 bits per heavy atom. The van der Waals surface area contributed by atoms with Gasteiger partial charge in [-0.2, -0.15) is 0 Å². The minimum atomic E-state index is -0.200. The first-order valence-corrected chi connectivity index (χ1v) is 5.23. The lowest BCUT2D eigenvalue weighted by atomic mass is 10.0. The van der Waals surface area contributed by atoms with Crippen molar-refractivity contribution in [2.75, 3.05) is 0 Å². The van der Waals surface area contributed by atoms with Gasteiger partial charge in [0.2, 0.25) is 0 Å². The quantitative estimate of drug-likeness (QED) is 0.829. The molecule has 0 fully saturated rings. The molecule has 0 aliphatic carbocycles. The Kier molecular flexibility index (Phi) is 3.83. The molecule has 3 heteroatoms. The smallest absolute Gasteiger partial charge is 0.0994 e. The zero-order valence-corrected chi connectivity index (χ0v) is 9.90. The van der Waals surface area contributed by atoms with Gasteiger partial charge < -0.3 is 10.5 Å². The van der Waals surface area contributed by atoms with Crippen molar-refractivity contribution in [3.8, 4) is 0 Å². The molecule has 3 nitrogen and oxygen atoms in total. The Morgan fingerprint density at radius 1 is 1.40 bits per heavy atom. The molecule has 0 spiro atoms. The molecule has 84 valence electrons. The van der Waals surface area contributed by atoms with Gasteiger partial charge in [-0.3, -0.25) is 4.98 Å². The van der Waals surface area contributed by atoms with Gasteiger partial charge in [-0.15, -0.1) is 0 Å². The highest BCUT2D eigenvalue weighted by molar-refractivity contribution is 5.14. The number of pyridine rings is 1. The lowest BCUT2D eigenvalue weighted by molar-refractivity contribution is -0.0702. The fraction of sp³-hybridized carbons (Fsp3) is 0.583. The van der Waals surface area contributed by atoms with Crippen LogP contribution in [-0.4, -0.2) is 16.6 Å². The molecule has 2 unspecified atom stereocenters. The molecule has 1 aromatic rings. The molecule has 0 saturated carbocycles. The first-order valence-electron chi connectivity index (χ1n) is 5.23. The van der Waals surface area contributed by atoms with Crippen LogP contribution in [0.5, 0.6) is 0 Å². The molecular weight excluding hydrogens is 188 g/mol. The van der Waals surface area contributed by atoms with Crippen molar-refractivity contribution in [2.24, 2.45) is 5.73 Å². The summed E-state index contributed by atoms with van der Waals surface area (Å²) >= 11 is 0. The SMILES string of the molecule is CC(N)C(OC(C)(C)C)c1cccnc1. The third kappa shape index (κ3) is 3.98. The number of nitrogens with two attached hydrogens (primary N) is 1. The number of rotatable bonds is 3. The topological polar surface area (TPSA) is 48.1 Å². The van der Waals surface area contributed by atoms with Crippen LogP contribution >= 0.6 is 0 Å². The summed E-state index contributed by atoms with van der Waals surface area (Å²) in [6, 6.07) is 3.84. The van der Waals surface area contributed by atoms with Crippen LogP contribution in [0.1, 0.15) is 39.4 Å². The van der Waals surface area contributed by atoms with E-state index in [0.717, 1.165) is 5.56 Å². The van der Waals surface area contributed by atoms with E-state index >= 15 is 0 Å². The molecule has 0 bridgehead atoms. The third-order valence-electron chi connectivity index (χ3n) is 1.97. The van der Waals surface area contributed by atoms with Crippen LogP contribution in [0, 0.1) is 0 Å². The number of aromatic nitrogens is 1. The first-order chi connectivity index (χ1) is 6.90. The van der Waals surface area contributed by atoms with Crippen molar-refractivity contribution < 1.29 is 4.74 Å². The van der Waals surface area contributed by atoms with Gasteiger partial charge in [0.25, 0.3) is 0 Å². The highest BCUT2D eigenvalue weighted by Crippen LogP contribution is 2.25. The molecule has 1 heterocycles. The van der Waals surface area contributed by atoms with E-state index in [2.05, 4.69) is 4.98 Å². The Labute approximate surface area is 91.7 Å². The van der Waals surface area contributed by atoms with Gasteiger partial charge in [0.1, 0.15) is 0 Å². The van der Waals surface area contributed by atoms with Crippen molar-refractivity contribution in [1.82, 2.24) is 4.98 Å². The minimum absolute atomic E-state index is 0.0478. The zero-order chi connectivity index (χ0) is 11.5. The molecule has 0 saturated heterocycles. The Bertz CT molecular complexity index is 290. The predicted octanol–water partition coefficient (Wildman–Crippen LogP) is 2.29. The van der Waals surface area contributed by atoms with Crippen LogP contribution < -0.4 is 5.73 Å². The number of hydrogen-bond donors (Lipinski definition) is 1. The summed E-state index contributed by atoms with van der Waals surface area (Å²) in [7, 11) is 0. The maximum atomic E-state index is 5.92. The monoisotopic (exact) mass is 208 g/mol. The van der Waals surface area contributed by atoms with E-state index in [9.17, 15) is 0 Å². The standard InChI is InChI=1S/C12H20N2O/c1-9(13)11(15-12(2,3)4)10-6-5-7-14-8-10/h5-9,11H,13H2,1-4H3. The molecule has 1 rings (SSSR count). The second-order valence-electron chi connectivity index (χ2n) is 4.80. The van der Waals surface area contributed by atoms with Gasteiger partial charge >= 0.3 is 0 Å².